The lowest BCUT2D eigenvalue weighted by Crippen LogP contribution is -2.68. The van der Waals surface area contributed by atoms with E-state index in [1.165, 1.54) is 12.2 Å². The van der Waals surface area contributed by atoms with Gasteiger partial charge in [-0.3, -0.25) is 9.69 Å². The quantitative estimate of drug-likeness (QED) is 0.671. The zero-order valence-corrected chi connectivity index (χ0v) is 7.76. The second-order valence-corrected chi connectivity index (χ2v) is 3.10. The SMILES string of the molecule is CCN1C(=O)CC(O)(C(F)(F)F)NC1=O. The van der Waals surface area contributed by atoms with Crippen LogP contribution in [-0.4, -0.2) is 40.4 Å². The average Bonchev–Trinajstić information content (AvgIpc) is 2.00. The number of nitrogens with one attached hydrogen (secondary N) is 1. The van der Waals surface area contributed by atoms with Gasteiger partial charge in [0.05, 0.1) is 6.42 Å². The zero-order valence-electron chi connectivity index (χ0n) is 7.76. The summed E-state index contributed by atoms with van der Waals surface area (Å²) in [6.45, 7) is 1.40. The van der Waals surface area contributed by atoms with Crippen molar-refractivity contribution in [3.05, 3.63) is 0 Å². The van der Waals surface area contributed by atoms with Crippen molar-refractivity contribution in [2.24, 2.45) is 0 Å². The van der Waals surface area contributed by atoms with Gasteiger partial charge in [0.15, 0.2) is 0 Å². The van der Waals surface area contributed by atoms with Crippen molar-refractivity contribution in [3.63, 3.8) is 0 Å². The number of amides is 3. The van der Waals surface area contributed by atoms with E-state index in [4.69, 9.17) is 5.11 Å². The van der Waals surface area contributed by atoms with Gasteiger partial charge in [0.2, 0.25) is 11.6 Å². The molecule has 1 rings (SSSR count). The van der Waals surface area contributed by atoms with Crippen molar-refractivity contribution in [1.29, 1.82) is 0 Å². The minimum atomic E-state index is -5.07. The summed E-state index contributed by atoms with van der Waals surface area (Å²) in [4.78, 5) is 22.7. The lowest BCUT2D eigenvalue weighted by molar-refractivity contribution is -0.272. The zero-order chi connectivity index (χ0) is 11.9. The molecular weight excluding hydrogens is 217 g/mol. The smallest absolute Gasteiger partial charge is 0.363 e. The van der Waals surface area contributed by atoms with E-state index in [9.17, 15) is 22.8 Å². The predicted octanol–water partition coefficient (Wildman–Crippen LogP) is 0.199. The number of nitrogens with zero attached hydrogens (tertiary/aromatic N) is 1. The molecule has 1 aliphatic rings. The number of urea groups is 1. The number of carbonyl (C=O) groups excluding carboxylic acids is 2. The molecule has 1 heterocycles. The molecule has 0 aromatic heterocycles. The van der Waals surface area contributed by atoms with E-state index >= 15 is 0 Å². The second kappa shape index (κ2) is 3.37. The molecule has 5 nitrogen and oxygen atoms in total. The van der Waals surface area contributed by atoms with Crippen LogP contribution in [0.15, 0.2) is 0 Å². The molecule has 0 radical (unpaired) electrons. The van der Waals surface area contributed by atoms with Gasteiger partial charge in [0.1, 0.15) is 0 Å². The summed E-state index contributed by atoms with van der Waals surface area (Å²) in [6.07, 6.45) is -6.27. The summed E-state index contributed by atoms with van der Waals surface area (Å²) < 4.78 is 36.8. The fraction of sp³-hybridized carbons (Fsp3) is 0.714. The van der Waals surface area contributed by atoms with Crippen molar-refractivity contribution >= 4 is 11.9 Å². The maximum Gasteiger partial charge on any atom is 0.437 e. The predicted molar refractivity (Wildman–Crippen MR) is 41.5 cm³/mol. The Morgan fingerprint density at radius 3 is 2.40 bits per heavy atom. The van der Waals surface area contributed by atoms with Crippen LogP contribution in [-0.2, 0) is 4.79 Å². The van der Waals surface area contributed by atoms with Gasteiger partial charge in [0, 0.05) is 6.54 Å². The van der Waals surface area contributed by atoms with E-state index in [0.717, 1.165) is 0 Å². The largest absolute Gasteiger partial charge is 0.437 e. The molecule has 15 heavy (non-hydrogen) atoms. The topological polar surface area (TPSA) is 69.6 Å². The fourth-order valence-electron chi connectivity index (χ4n) is 1.21. The first-order valence-electron chi connectivity index (χ1n) is 4.13. The second-order valence-electron chi connectivity index (χ2n) is 3.10. The van der Waals surface area contributed by atoms with Gasteiger partial charge in [-0.05, 0) is 6.92 Å². The van der Waals surface area contributed by atoms with E-state index in [1.54, 1.807) is 0 Å². The lowest BCUT2D eigenvalue weighted by atomic mass is 10.1. The molecule has 0 aromatic carbocycles. The summed E-state index contributed by atoms with van der Waals surface area (Å²) in [7, 11) is 0. The van der Waals surface area contributed by atoms with Crippen LogP contribution in [0, 0.1) is 0 Å². The van der Waals surface area contributed by atoms with Crippen molar-refractivity contribution in [3.8, 4) is 0 Å². The Labute approximate surface area is 82.8 Å². The number of carbonyl (C=O) groups is 2. The maximum absolute atomic E-state index is 12.3. The molecule has 0 spiro atoms. The van der Waals surface area contributed by atoms with Crippen LogP contribution in [0.2, 0.25) is 0 Å². The molecule has 0 aliphatic carbocycles. The van der Waals surface area contributed by atoms with Gasteiger partial charge in [-0.25, -0.2) is 4.79 Å². The van der Waals surface area contributed by atoms with Gasteiger partial charge >= 0.3 is 12.2 Å². The Balaban J connectivity index is 2.94. The minimum absolute atomic E-state index is 0.0431. The van der Waals surface area contributed by atoms with Crippen LogP contribution >= 0.6 is 0 Å². The van der Waals surface area contributed by atoms with Gasteiger partial charge in [-0.15, -0.1) is 0 Å². The highest BCUT2D eigenvalue weighted by Gasteiger charge is 2.59. The molecule has 1 unspecified atom stereocenters. The Bertz CT molecular complexity index is 284. The first-order valence-corrected chi connectivity index (χ1v) is 4.13. The standard InChI is InChI=1S/C7H9F3N2O3/c1-2-12-4(13)3-6(15,7(8,9)10)11-5(12)14/h15H,2-3H2,1H3,(H,11,14). The number of imide groups is 1. The van der Waals surface area contributed by atoms with Crippen LogP contribution in [0.4, 0.5) is 18.0 Å². The van der Waals surface area contributed by atoms with E-state index < -0.39 is 30.3 Å². The number of rotatable bonds is 1. The summed E-state index contributed by atoms with van der Waals surface area (Å²) in [5.41, 5.74) is -3.45. The van der Waals surface area contributed by atoms with Crippen LogP contribution in [0.5, 0.6) is 0 Å². The Morgan fingerprint density at radius 1 is 1.53 bits per heavy atom. The summed E-state index contributed by atoms with van der Waals surface area (Å²) >= 11 is 0. The van der Waals surface area contributed by atoms with E-state index in [1.807, 2.05) is 0 Å². The van der Waals surface area contributed by atoms with E-state index in [2.05, 4.69) is 0 Å². The Hall–Kier alpha value is -1.31. The molecule has 8 heteroatoms. The summed E-state index contributed by atoms with van der Waals surface area (Å²) in [5.74, 6) is -1.05. The van der Waals surface area contributed by atoms with E-state index in [-0.39, 0.29) is 6.54 Å². The molecule has 0 saturated carbocycles. The molecule has 1 aliphatic heterocycles. The molecule has 1 atom stereocenters. The lowest BCUT2D eigenvalue weighted by Gasteiger charge is -2.37. The van der Waals surface area contributed by atoms with Crippen LogP contribution in [0.25, 0.3) is 0 Å². The number of hydrogen-bond donors (Lipinski definition) is 2. The number of hydrogen-bond acceptors (Lipinski definition) is 3. The van der Waals surface area contributed by atoms with Gasteiger partial charge in [0.25, 0.3) is 0 Å². The highest BCUT2D eigenvalue weighted by Crippen LogP contribution is 2.33. The summed E-state index contributed by atoms with van der Waals surface area (Å²) in [6, 6.07) is -1.24. The van der Waals surface area contributed by atoms with Crippen LogP contribution < -0.4 is 5.32 Å². The molecule has 1 saturated heterocycles. The van der Waals surface area contributed by atoms with Crippen molar-refractivity contribution in [2.45, 2.75) is 25.2 Å². The first kappa shape index (κ1) is 11.8. The highest BCUT2D eigenvalue weighted by molar-refractivity contribution is 5.97. The normalized spacial score (nSPS) is 27.9. The highest BCUT2D eigenvalue weighted by atomic mass is 19.4. The minimum Gasteiger partial charge on any atom is -0.363 e. The first-order chi connectivity index (χ1) is 6.71. The van der Waals surface area contributed by atoms with Crippen molar-refractivity contribution < 1.29 is 27.9 Å². The molecule has 86 valence electrons. The fourth-order valence-corrected chi connectivity index (χ4v) is 1.21. The molecule has 1 fully saturated rings. The molecule has 0 bridgehead atoms. The van der Waals surface area contributed by atoms with Crippen molar-refractivity contribution in [2.75, 3.05) is 6.54 Å². The molecule has 3 amide bonds. The summed E-state index contributed by atoms with van der Waals surface area (Å²) in [5, 5.41) is 10.4. The van der Waals surface area contributed by atoms with E-state index in [0.29, 0.717) is 4.90 Å². The third-order valence-electron chi connectivity index (χ3n) is 2.05. The average molecular weight is 226 g/mol. The van der Waals surface area contributed by atoms with Crippen LogP contribution in [0.3, 0.4) is 0 Å². The molecular formula is C7H9F3N2O3. The Kier molecular flexibility index (Phi) is 2.64. The number of halogens is 3. The molecule has 2 N–H and O–H groups in total. The Morgan fingerprint density at radius 2 is 2.07 bits per heavy atom. The van der Waals surface area contributed by atoms with Gasteiger partial charge in [-0.2, -0.15) is 13.2 Å². The maximum atomic E-state index is 12.3. The van der Waals surface area contributed by atoms with Gasteiger partial charge < -0.3 is 10.4 Å². The third-order valence-corrected chi connectivity index (χ3v) is 2.05. The molecule has 0 aromatic rings. The number of aliphatic hydroxyl groups is 1. The monoisotopic (exact) mass is 226 g/mol. The van der Waals surface area contributed by atoms with Crippen LogP contribution in [0.1, 0.15) is 13.3 Å². The number of alkyl halides is 3. The van der Waals surface area contributed by atoms with Crippen molar-refractivity contribution in [1.82, 2.24) is 10.2 Å². The van der Waals surface area contributed by atoms with Gasteiger partial charge in [-0.1, -0.05) is 0 Å². The third kappa shape index (κ3) is 1.89.